The average Bonchev–Trinajstić information content (AvgIpc) is 3.01. The SMILES string of the molecule is CCOc1ccc(C(=O)NCCNS(=O)(=O)c2ccc(Cl)cc2)o1. The molecule has 0 unspecified atom stereocenters. The Morgan fingerprint density at radius 1 is 1.17 bits per heavy atom. The minimum Gasteiger partial charge on any atom is -0.465 e. The molecule has 2 aromatic rings. The standard InChI is InChI=1S/C15H17ClN2O5S/c1-2-22-14-8-7-13(23-14)15(19)17-9-10-18-24(20,21)12-5-3-11(16)4-6-12/h3-8,18H,2,9-10H2,1H3,(H,17,19). The summed E-state index contributed by atoms with van der Waals surface area (Å²) in [6.45, 7) is 2.38. The average molecular weight is 373 g/mol. The van der Waals surface area contributed by atoms with Gasteiger partial charge in [-0.3, -0.25) is 4.79 Å². The third-order valence-corrected chi connectivity index (χ3v) is 4.65. The van der Waals surface area contributed by atoms with Crippen molar-refractivity contribution in [2.75, 3.05) is 19.7 Å². The first-order chi connectivity index (χ1) is 11.4. The highest BCUT2D eigenvalue weighted by molar-refractivity contribution is 7.89. The first-order valence-electron chi connectivity index (χ1n) is 7.18. The Balaban J connectivity index is 1.81. The van der Waals surface area contributed by atoms with Crippen molar-refractivity contribution in [2.45, 2.75) is 11.8 Å². The third kappa shape index (κ3) is 4.98. The van der Waals surface area contributed by atoms with Gasteiger partial charge in [-0.15, -0.1) is 0 Å². The second-order valence-electron chi connectivity index (χ2n) is 4.66. The lowest BCUT2D eigenvalue weighted by atomic mass is 10.4. The summed E-state index contributed by atoms with van der Waals surface area (Å²) in [5.74, 6) is -0.100. The summed E-state index contributed by atoms with van der Waals surface area (Å²) in [5.41, 5.74) is 0. The van der Waals surface area contributed by atoms with Crippen molar-refractivity contribution in [1.82, 2.24) is 10.0 Å². The van der Waals surface area contributed by atoms with Crippen molar-refractivity contribution < 1.29 is 22.4 Å². The quantitative estimate of drug-likeness (QED) is 0.691. The molecule has 1 heterocycles. The van der Waals surface area contributed by atoms with Crippen LogP contribution in [-0.2, 0) is 10.0 Å². The zero-order chi connectivity index (χ0) is 17.6. The van der Waals surface area contributed by atoms with E-state index >= 15 is 0 Å². The Labute approximate surface area is 145 Å². The summed E-state index contributed by atoms with van der Waals surface area (Å²) < 4.78 is 36.7. The molecule has 24 heavy (non-hydrogen) atoms. The zero-order valence-electron chi connectivity index (χ0n) is 12.9. The largest absolute Gasteiger partial charge is 0.465 e. The molecular weight excluding hydrogens is 356 g/mol. The van der Waals surface area contributed by atoms with Crippen LogP contribution in [-0.4, -0.2) is 34.0 Å². The van der Waals surface area contributed by atoms with Crippen molar-refractivity contribution in [3.8, 4) is 5.95 Å². The topological polar surface area (TPSA) is 97.6 Å². The first-order valence-corrected chi connectivity index (χ1v) is 9.04. The number of halogens is 1. The van der Waals surface area contributed by atoms with Crippen LogP contribution >= 0.6 is 11.6 Å². The number of hydrogen-bond acceptors (Lipinski definition) is 5. The van der Waals surface area contributed by atoms with Crippen molar-refractivity contribution in [1.29, 1.82) is 0 Å². The monoisotopic (exact) mass is 372 g/mol. The number of hydrogen-bond donors (Lipinski definition) is 2. The fourth-order valence-electron chi connectivity index (χ4n) is 1.81. The normalized spacial score (nSPS) is 11.2. The second kappa shape index (κ2) is 8.18. The fraction of sp³-hybridized carbons (Fsp3) is 0.267. The van der Waals surface area contributed by atoms with E-state index < -0.39 is 15.9 Å². The van der Waals surface area contributed by atoms with E-state index in [0.717, 1.165) is 0 Å². The van der Waals surface area contributed by atoms with E-state index in [1.165, 1.54) is 30.3 Å². The number of furan rings is 1. The van der Waals surface area contributed by atoms with Gasteiger partial charge < -0.3 is 14.5 Å². The maximum absolute atomic E-state index is 12.0. The molecule has 2 rings (SSSR count). The molecule has 0 aliphatic rings. The predicted octanol–water partition coefficient (Wildman–Crippen LogP) is 2.04. The van der Waals surface area contributed by atoms with Gasteiger partial charge in [0.05, 0.1) is 11.5 Å². The molecule has 0 atom stereocenters. The van der Waals surface area contributed by atoms with Gasteiger partial charge in [-0.05, 0) is 37.3 Å². The van der Waals surface area contributed by atoms with Crippen molar-refractivity contribution >= 4 is 27.5 Å². The number of amides is 1. The smallest absolute Gasteiger partial charge is 0.287 e. The molecule has 7 nitrogen and oxygen atoms in total. The Kier molecular flexibility index (Phi) is 6.24. The van der Waals surface area contributed by atoms with Gasteiger partial charge in [-0.25, -0.2) is 13.1 Å². The van der Waals surface area contributed by atoms with Crippen LogP contribution in [0.2, 0.25) is 5.02 Å². The zero-order valence-corrected chi connectivity index (χ0v) is 14.5. The van der Waals surface area contributed by atoms with Crippen LogP contribution in [0.1, 0.15) is 17.5 Å². The molecule has 1 amide bonds. The summed E-state index contributed by atoms with van der Waals surface area (Å²) in [6, 6.07) is 8.82. The van der Waals surface area contributed by atoms with Crippen LogP contribution in [0.5, 0.6) is 5.95 Å². The van der Waals surface area contributed by atoms with Crippen LogP contribution in [0.25, 0.3) is 0 Å². The molecule has 0 aliphatic carbocycles. The Hall–Kier alpha value is -2.03. The first kappa shape index (κ1) is 18.3. The lowest BCUT2D eigenvalue weighted by Gasteiger charge is -2.07. The molecule has 0 saturated heterocycles. The molecule has 0 saturated carbocycles. The molecule has 0 spiro atoms. The van der Waals surface area contributed by atoms with Crippen LogP contribution in [0.3, 0.4) is 0 Å². The van der Waals surface area contributed by atoms with Crippen LogP contribution in [0.4, 0.5) is 0 Å². The van der Waals surface area contributed by atoms with Gasteiger partial charge in [-0.1, -0.05) is 11.6 Å². The van der Waals surface area contributed by atoms with Crippen LogP contribution in [0.15, 0.2) is 45.7 Å². The molecular formula is C15H17ClN2O5S. The lowest BCUT2D eigenvalue weighted by Crippen LogP contribution is -2.34. The molecule has 0 radical (unpaired) electrons. The number of nitrogens with one attached hydrogen (secondary N) is 2. The summed E-state index contributed by atoms with van der Waals surface area (Å²) in [4.78, 5) is 11.9. The minimum atomic E-state index is -3.65. The van der Waals surface area contributed by atoms with Crippen LogP contribution < -0.4 is 14.8 Å². The number of sulfonamides is 1. The minimum absolute atomic E-state index is 0.0374. The summed E-state index contributed by atoms with van der Waals surface area (Å²) in [7, 11) is -3.65. The lowest BCUT2D eigenvalue weighted by molar-refractivity contribution is 0.0918. The van der Waals surface area contributed by atoms with Gasteiger partial charge in [0.2, 0.25) is 10.0 Å². The van der Waals surface area contributed by atoms with Gasteiger partial charge in [0.15, 0.2) is 5.76 Å². The highest BCUT2D eigenvalue weighted by atomic mass is 35.5. The molecule has 0 bridgehead atoms. The number of rotatable bonds is 8. The predicted molar refractivity (Wildman–Crippen MR) is 88.9 cm³/mol. The second-order valence-corrected chi connectivity index (χ2v) is 6.86. The number of carbonyl (C=O) groups is 1. The molecule has 9 heteroatoms. The molecule has 1 aromatic carbocycles. The number of ether oxygens (including phenoxy) is 1. The Bertz CT molecular complexity index is 786. The number of carbonyl (C=O) groups excluding carboxylic acids is 1. The van der Waals surface area contributed by atoms with E-state index in [1.54, 1.807) is 13.0 Å². The van der Waals surface area contributed by atoms with Gasteiger partial charge in [0.1, 0.15) is 0 Å². The maximum Gasteiger partial charge on any atom is 0.287 e. The van der Waals surface area contributed by atoms with Gasteiger partial charge in [0, 0.05) is 24.2 Å². The highest BCUT2D eigenvalue weighted by Crippen LogP contribution is 2.15. The third-order valence-electron chi connectivity index (χ3n) is 2.92. The summed E-state index contributed by atoms with van der Waals surface area (Å²) in [6.07, 6.45) is 0. The van der Waals surface area contributed by atoms with Crippen LogP contribution in [0, 0.1) is 0 Å². The van der Waals surface area contributed by atoms with Gasteiger partial charge in [-0.2, -0.15) is 0 Å². The Morgan fingerprint density at radius 3 is 2.54 bits per heavy atom. The fourth-order valence-corrected chi connectivity index (χ4v) is 2.97. The van der Waals surface area contributed by atoms with Crippen molar-refractivity contribution in [3.05, 3.63) is 47.2 Å². The van der Waals surface area contributed by atoms with Gasteiger partial charge in [0.25, 0.3) is 11.9 Å². The van der Waals surface area contributed by atoms with E-state index in [2.05, 4.69) is 10.0 Å². The summed E-state index contributed by atoms with van der Waals surface area (Å²) >= 11 is 5.72. The maximum atomic E-state index is 12.0. The van der Waals surface area contributed by atoms with E-state index in [4.69, 9.17) is 20.8 Å². The number of benzene rings is 1. The molecule has 130 valence electrons. The molecule has 1 aromatic heterocycles. The van der Waals surface area contributed by atoms with Gasteiger partial charge >= 0.3 is 0 Å². The van der Waals surface area contributed by atoms with Crippen molar-refractivity contribution in [2.24, 2.45) is 0 Å². The van der Waals surface area contributed by atoms with E-state index in [0.29, 0.717) is 11.6 Å². The summed E-state index contributed by atoms with van der Waals surface area (Å²) in [5, 5.41) is 3.00. The van der Waals surface area contributed by atoms with E-state index in [-0.39, 0.29) is 29.7 Å². The van der Waals surface area contributed by atoms with E-state index in [9.17, 15) is 13.2 Å². The Morgan fingerprint density at radius 2 is 1.88 bits per heavy atom. The molecule has 0 aliphatic heterocycles. The van der Waals surface area contributed by atoms with E-state index in [1.807, 2.05) is 0 Å². The molecule has 0 fully saturated rings. The molecule has 2 N–H and O–H groups in total. The highest BCUT2D eigenvalue weighted by Gasteiger charge is 2.14. The van der Waals surface area contributed by atoms with Crippen molar-refractivity contribution in [3.63, 3.8) is 0 Å².